The summed E-state index contributed by atoms with van der Waals surface area (Å²) in [5.41, 5.74) is 5.07. The highest BCUT2D eigenvalue weighted by Gasteiger charge is 2.35. The molecule has 0 aliphatic heterocycles. The number of esters is 1. The number of allylic oxidation sites excluding steroid dienone is 3. The van der Waals surface area contributed by atoms with E-state index in [1.165, 1.54) is 33.9 Å². The molecule has 2 aliphatic rings. The zero-order valence-electron chi connectivity index (χ0n) is 21.2. The van der Waals surface area contributed by atoms with Gasteiger partial charge < -0.3 is 9.94 Å². The van der Waals surface area contributed by atoms with Crippen LogP contribution in [0, 0.1) is 11.1 Å². The first-order chi connectivity index (χ1) is 17.7. The zero-order valence-corrected chi connectivity index (χ0v) is 22.0. The van der Waals surface area contributed by atoms with Crippen molar-refractivity contribution in [1.82, 2.24) is 4.98 Å². The summed E-state index contributed by atoms with van der Waals surface area (Å²) in [6.45, 7) is 5.78. The SMILES string of the molecule is CC(C)(C)OC(=O)C1Cc2c(ccc3cc(Cl)ccc23)C2=C1CCC=C2.[O-][n+]1cccc2cnccc21. The number of halogens is 1. The molecule has 0 spiro atoms. The first-order valence-corrected chi connectivity index (χ1v) is 12.8. The van der Waals surface area contributed by atoms with E-state index < -0.39 is 5.60 Å². The number of pyridine rings is 2. The lowest BCUT2D eigenvalue weighted by molar-refractivity contribution is -0.577. The van der Waals surface area contributed by atoms with Crippen molar-refractivity contribution in [2.24, 2.45) is 5.92 Å². The molecule has 1 unspecified atom stereocenters. The molecular weight excluding hydrogens is 484 g/mol. The lowest BCUT2D eigenvalue weighted by Crippen LogP contribution is -2.33. The van der Waals surface area contributed by atoms with Crippen LogP contribution in [0.25, 0.3) is 27.2 Å². The van der Waals surface area contributed by atoms with Crippen molar-refractivity contribution >= 4 is 44.8 Å². The van der Waals surface area contributed by atoms with Crippen LogP contribution in [0.4, 0.5) is 0 Å². The first kappa shape index (κ1) is 25.0. The van der Waals surface area contributed by atoms with Crippen molar-refractivity contribution in [2.75, 3.05) is 0 Å². The minimum Gasteiger partial charge on any atom is -0.618 e. The molecule has 0 N–H and O–H groups in total. The molecular formula is C31H29ClN2O3. The van der Waals surface area contributed by atoms with Crippen molar-refractivity contribution < 1.29 is 14.3 Å². The van der Waals surface area contributed by atoms with Crippen molar-refractivity contribution in [2.45, 2.75) is 45.6 Å². The van der Waals surface area contributed by atoms with Crippen molar-refractivity contribution in [3.8, 4) is 0 Å². The van der Waals surface area contributed by atoms with E-state index in [9.17, 15) is 10.0 Å². The predicted octanol–water partition coefficient (Wildman–Crippen LogP) is 6.98. The predicted molar refractivity (Wildman–Crippen MR) is 148 cm³/mol. The van der Waals surface area contributed by atoms with Gasteiger partial charge in [0.05, 0.1) is 11.3 Å². The van der Waals surface area contributed by atoms with Gasteiger partial charge in [0.25, 0.3) is 0 Å². The van der Waals surface area contributed by atoms with Gasteiger partial charge in [0.15, 0.2) is 6.20 Å². The summed E-state index contributed by atoms with van der Waals surface area (Å²) >= 11 is 6.17. The second-order valence-corrected chi connectivity index (χ2v) is 10.8. The summed E-state index contributed by atoms with van der Waals surface area (Å²) in [7, 11) is 0. The van der Waals surface area contributed by atoms with Gasteiger partial charge in [0, 0.05) is 29.5 Å². The monoisotopic (exact) mass is 512 g/mol. The average Bonchev–Trinajstić information content (AvgIpc) is 2.87. The molecule has 188 valence electrons. The van der Waals surface area contributed by atoms with E-state index in [1.54, 1.807) is 24.5 Å². The number of hydrogen-bond acceptors (Lipinski definition) is 4. The molecule has 4 aromatic rings. The van der Waals surface area contributed by atoms with E-state index in [1.807, 2.05) is 39.0 Å². The molecule has 1 atom stereocenters. The Labute approximate surface area is 221 Å². The zero-order chi connectivity index (χ0) is 26.2. The molecule has 2 heterocycles. The highest BCUT2D eigenvalue weighted by atomic mass is 35.5. The molecule has 37 heavy (non-hydrogen) atoms. The molecule has 0 bridgehead atoms. The molecule has 0 saturated carbocycles. The topological polar surface area (TPSA) is 66.1 Å². The lowest BCUT2D eigenvalue weighted by Gasteiger charge is -2.33. The number of fused-ring (bicyclic) bond motifs is 5. The Kier molecular flexibility index (Phi) is 6.74. The Balaban J connectivity index is 0.000000212. The summed E-state index contributed by atoms with van der Waals surface area (Å²) in [6, 6.07) is 15.5. The van der Waals surface area contributed by atoms with Gasteiger partial charge in [-0.15, -0.1) is 0 Å². The lowest BCUT2D eigenvalue weighted by atomic mass is 9.74. The average molecular weight is 513 g/mol. The van der Waals surface area contributed by atoms with Crippen molar-refractivity contribution in [3.63, 3.8) is 0 Å². The van der Waals surface area contributed by atoms with Crippen LogP contribution in [0.3, 0.4) is 0 Å². The first-order valence-electron chi connectivity index (χ1n) is 12.5. The van der Waals surface area contributed by atoms with Gasteiger partial charge >= 0.3 is 5.97 Å². The summed E-state index contributed by atoms with van der Waals surface area (Å²) in [5, 5.41) is 15.0. The number of nitrogens with zero attached hydrogens (tertiary/aromatic N) is 2. The normalized spacial score (nSPS) is 16.6. The van der Waals surface area contributed by atoms with Crippen LogP contribution in [0.2, 0.25) is 5.02 Å². The van der Waals surface area contributed by atoms with E-state index in [0.717, 1.165) is 33.4 Å². The number of ether oxygens (including phenoxy) is 1. The molecule has 2 aliphatic carbocycles. The van der Waals surface area contributed by atoms with Gasteiger partial charge in [-0.1, -0.05) is 42.0 Å². The fourth-order valence-electron chi connectivity index (χ4n) is 5.10. The molecule has 0 saturated heterocycles. The standard InChI is InChI=1S/C23H23ClO2.C8H6N2O/c1-23(2,3)26-22(25)21-13-20-16-11-9-15(24)12-14(16)8-10-19(20)17-6-4-5-7-18(17)21;11-10-5-1-2-7-6-9-4-3-8(7)10/h4,6,8-12,21H,5,7,13H2,1-3H3;1-6H. The Bertz CT molecular complexity index is 1560. The smallest absolute Gasteiger partial charge is 0.313 e. The Morgan fingerprint density at radius 2 is 1.97 bits per heavy atom. The molecule has 2 aromatic carbocycles. The van der Waals surface area contributed by atoms with E-state index in [2.05, 4.69) is 35.3 Å². The Hall–Kier alpha value is -3.70. The second kappa shape index (κ2) is 9.98. The van der Waals surface area contributed by atoms with Crippen molar-refractivity contribution in [3.05, 3.63) is 106 Å². The molecule has 2 aromatic heterocycles. The van der Waals surface area contributed by atoms with Crippen LogP contribution in [0.1, 0.15) is 44.7 Å². The van der Waals surface area contributed by atoms with Crippen LogP contribution in [0.5, 0.6) is 0 Å². The van der Waals surface area contributed by atoms with Gasteiger partial charge in [-0.2, -0.15) is 4.73 Å². The summed E-state index contributed by atoms with van der Waals surface area (Å²) < 4.78 is 6.58. The van der Waals surface area contributed by atoms with Gasteiger partial charge in [-0.3, -0.25) is 9.78 Å². The largest absolute Gasteiger partial charge is 0.618 e. The number of aromatic nitrogens is 2. The number of rotatable bonds is 1. The van der Waals surface area contributed by atoms with Gasteiger partial charge in [-0.05, 0) is 91.3 Å². The van der Waals surface area contributed by atoms with E-state index in [0.29, 0.717) is 11.9 Å². The quantitative estimate of drug-likeness (QED) is 0.157. The van der Waals surface area contributed by atoms with Gasteiger partial charge in [0.1, 0.15) is 5.60 Å². The molecule has 0 amide bonds. The maximum Gasteiger partial charge on any atom is 0.313 e. The van der Waals surface area contributed by atoms with Gasteiger partial charge in [-0.25, -0.2) is 0 Å². The molecule has 6 rings (SSSR count). The van der Waals surface area contributed by atoms with Crippen LogP contribution in [-0.4, -0.2) is 16.6 Å². The minimum absolute atomic E-state index is 0.114. The number of carbonyl (C=O) groups excluding carboxylic acids is 1. The van der Waals surface area contributed by atoms with E-state index in [-0.39, 0.29) is 11.9 Å². The maximum absolute atomic E-state index is 13.0. The fourth-order valence-corrected chi connectivity index (χ4v) is 5.28. The van der Waals surface area contributed by atoms with E-state index >= 15 is 0 Å². The highest BCUT2D eigenvalue weighted by Crippen LogP contribution is 2.43. The third kappa shape index (κ3) is 5.23. The minimum atomic E-state index is -0.477. The molecule has 0 radical (unpaired) electrons. The van der Waals surface area contributed by atoms with Crippen LogP contribution < -0.4 is 4.73 Å². The summed E-state index contributed by atoms with van der Waals surface area (Å²) in [4.78, 5) is 16.9. The third-order valence-corrected chi connectivity index (χ3v) is 6.91. The fraction of sp³-hybridized carbons (Fsp3) is 0.258. The second-order valence-electron chi connectivity index (χ2n) is 10.4. The van der Waals surface area contributed by atoms with Crippen LogP contribution >= 0.6 is 11.6 Å². The van der Waals surface area contributed by atoms with Crippen LogP contribution in [-0.2, 0) is 16.0 Å². The Morgan fingerprint density at radius 3 is 2.76 bits per heavy atom. The summed E-state index contributed by atoms with van der Waals surface area (Å²) in [5.74, 6) is -0.320. The maximum atomic E-state index is 13.0. The number of hydrogen-bond donors (Lipinski definition) is 0. The molecule has 0 fully saturated rings. The molecule has 6 heteroatoms. The summed E-state index contributed by atoms with van der Waals surface area (Å²) in [6.07, 6.45) is 11.7. The van der Waals surface area contributed by atoms with E-state index in [4.69, 9.17) is 16.3 Å². The van der Waals surface area contributed by atoms with Crippen molar-refractivity contribution in [1.29, 1.82) is 0 Å². The molecule has 5 nitrogen and oxygen atoms in total. The highest BCUT2D eigenvalue weighted by molar-refractivity contribution is 6.31. The van der Waals surface area contributed by atoms with Crippen LogP contribution in [0.15, 0.2) is 84.8 Å². The number of carbonyl (C=O) groups is 1. The Morgan fingerprint density at radius 1 is 1.14 bits per heavy atom. The third-order valence-electron chi connectivity index (χ3n) is 6.68. The van der Waals surface area contributed by atoms with Gasteiger partial charge in [0.2, 0.25) is 5.52 Å². The number of benzene rings is 2.